The molecule has 1 aliphatic heterocycles. The SMILES string of the molecule is CC1(C)c2ccccc2-c2c1ccc1c3cc(-c4ccc5c(c4)-c4ccc(-c6nc(-c7ccccc7)nc(-c7ccccc7)n6)cc4C54c5ccccc5Oc5ccccc54)ccc3n(-c3ccccc3)c21. The predicted octanol–water partition coefficient (Wildman–Crippen LogP) is 16.4. The fourth-order valence-corrected chi connectivity index (χ4v) is 12.5. The van der Waals surface area contributed by atoms with Crippen LogP contribution >= 0.6 is 0 Å². The highest BCUT2D eigenvalue weighted by atomic mass is 16.5. The van der Waals surface area contributed by atoms with Gasteiger partial charge in [-0.2, -0.15) is 0 Å². The van der Waals surface area contributed by atoms with Crippen LogP contribution in [0.1, 0.15) is 47.2 Å². The lowest BCUT2D eigenvalue weighted by Gasteiger charge is -2.39. The molecule has 0 bridgehead atoms. The molecule has 10 aromatic carbocycles. The van der Waals surface area contributed by atoms with Gasteiger partial charge in [-0.1, -0.05) is 196 Å². The highest BCUT2D eigenvalue weighted by molar-refractivity contribution is 6.16. The van der Waals surface area contributed by atoms with Crippen LogP contribution in [-0.2, 0) is 10.8 Å². The normalized spacial score (nSPS) is 14.0. The van der Waals surface area contributed by atoms with Gasteiger partial charge in [-0.05, 0) is 98.6 Å². The van der Waals surface area contributed by atoms with E-state index in [0.717, 1.165) is 61.7 Å². The van der Waals surface area contributed by atoms with Crippen LogP contribution in [0.5, 0.6) is 11.5 Å². The van der Waals surface area contributed by atoms with Crippen molar-refractivity contribution < 1.29 is 4.74 Å². The van der Waals surface area contributed by atoms with Crippen LogP contribution in [-0.4, -0.2) is 19.5 Å². The first kappa shape index (κ1) is 40.7. The molecule has 0 atom stereocenters. The Hall–Kier alpha value is -9.19. The van der Waals surface area contributed by atoms with Gasteiger partial charge in [0.05, 0.1) is 16.4 Å². The molecule has 5 nitrogen and oxygen atoms in total. The summed E-state index contributed by atoms with van der Waals surface area (Å²) >= 11 is 0. The van der Waals surface area contributed by atoms with E-state index in [1.807, 2.05) is 36.4 Å². The Morgan fingerprint density at radius 3 is 1.58 bits per heavy atom. The average molecular weight is 921 g/mol. The minimum atomic E-state index is -0.695. The Morgan fingerprint density at radius 1 is 0.361 bits per heavy atom. The number of benzene rings is 10. The monoisotopic (exact) mass is 920 g/mol. The van der Waals surface area contributed by atoms with Crippen LogP contribution < -0.4 is 4.74 Å². The summed E-state index contributed by atoms with van der Waals surface area (Å²) < 4.78 is 9.26. The van der Waals surface area contributed by atoms with Crippen LogP contribution in [0.25, 0.3) is 95.0 Å². The third-order valence-corrected chi connectivity index (χ3v) is 15.7. The first-order valence-corrected chi connectivity index (χ1v) is 24.8. The van der Waals surface area contributed by atoms with Gasteiger partial charge in [0.25, 0.3) is 0 Å². The lowest BCUT2D eigenvalue weighted by Crippen LogP contribution is -2.32. The average Bonchev–Trinajstić information content (AvgIpc) is 4.02. The van der Waals surface area contributed by atoms with Crippen molar-refractivity contribution in [1.29, 1.82) is 0 Å². The lowest BCUT2D eigenvalue weighted by atomic mass is 9.66. The minimum absolute atomic E-state index is 0.116. The second-order valence-electron chi connectivity index (χ2n) is 19.9. The van der Waals surface area contributed by atoms with Crippen LogP contribution in [0.4, 0.5) is 0 Å². The number of hydrogen-bond donors (Lipinski definition) is 0. The molecule has 0 unspecified atom stereocenters. The molecule has 0 fully saturated rings. The fraction of sp³-hybridized carbons (Fsp3) is 0.0597. The third kappa shape index (κ3) is 5.67. The van der Waals surface area contributed by atoms with Crippen LogP contribution in [0, 0.1) is 0 Å². The summed E-state index contributed by atoms with van der Waals surface area (Å²) in [5.74, 6) is 3.57. The third-order valence-electron chi connectivity index (χ3n) is 15.7. The number of hydrogen-bond acceptors (Lipinski definition) is 4. The molecule has 0 radical (unpaired) electrons. The first-order chi connectivity index (χ1) is 35.4. The van der Waals surface area contributed by atoms with Crippen molar-refractivity contribution in [2.24, 2.45) is 0 Å². The molecule has 338 valence electrons. The number of ether oxygens (including phenoxy) is 1. The van der Waals surface area contributed by atoms with E-state index in [2.05, 4.69) is 213 Å². The summed E-state index contributed by atoms with van der Waals surface area (Å²) in [5, 5.41) is 2.48. The molecule has 5 heteroatoms. The van der Waals surface area contributed by atoms with E-state index in [-0.39, 0.29) is 5.41 Å². The Labute approximate surface area is 417 Å². The second-order valence-corrected chi connectivity index (χ2v) is 19.9. The lowest BCUT2D eigenvalue weighted by molar-refractivity contribution is 0.436. The maximum Gasteiger partial charge on any atom is 0.164 e. The summed E-state index contributed by atoms with van der Waals surface area (Å²) in [5.41, 5.74) is 20.2. The molecule has 0 saturated heterocycles. The zero-order chi connectivity index (χ0) is 47.7. The topological polar surface area (TPSA) is 52.8 Å². The van der Waals surface area contributed by atoms with Gasteiger partial charge in [-0.3, -0.25) is 0 Å². The van der Waals surface area contributed by atoms with Gasteiger partial charge < -0.3 is 9.30 Å². The number of fused-ring (bicyclic) bond motifs is 16. The van der Waals surface area contributed by atoms with Crippen LogP contribution in [0.3, 0.4) is 0 Å². The van der Waals surface area contributed by atoms with Gasteiger partial charge in [0.15, 0.2) is 17.5 Å². The summed E-state index contributed by atoms with van der Waals surface area (Å²) in [6, 6.07) is 83.0. The largest absolute Gasteiger partial charge is 0.457 e. The zero-order valence-electron chi connectivity index (χ0n) is 39.6. The van der Waals surface area contributed by atoms with Gasteiger partial charge in [0.1, 0.15) is 11.5 Å². The highest BCUT2D eigenvalue weighted by Gasteiger charge is 2.51. The summed E-state index contributed by atoms with van der Waals surface area (Å²) in [6.45, 7) is 4.73. The molecule has 2 aliphatic carbocycles. The van der Waals surface area contributed by atoms with E-state index in [9.17, 15) is 0 Å². The highest BCUT2D eigenvalue weighted by Crippen LogP contribution is 2.63. The maximum absolute atomic E-state index is 6.77. The molecule has 12 aromatic rings. The van der Waals surface area contributed by atoms with E-state index in [1.165, 1.54) is 60.8 Å². The summed E-state index contributed by atoms with van der Waals surface area (Å²) in [4.78, 5) is 15.4. The standard InChI is InChI=1S/C67H44N4O/c1-66(2)52-25-13-12-24-49(52)61-56(66)36-34-48-51-39-44(32-37-58(51)71(62(48)61)46-22-10-5-11-23-46)43-31-35-53-50(38-43)47-33-30-45(40-57(47)67(53)54-26-14-16-28-59(54)72-60-29-17-15-27-55(60)67)65-69-63(41-18-6-3-7-19-41)68-64(70-65)42-20-8-4-9-21-42/h3-40H,1-2H3. The Kier molecular flexibility index (Phi) is 8.56. The predicted molar refractivity (Wildman–Crippen MR) is 291 cm³/mol. The molecular weight excluding hydrogens is 877 g/mol. The molecular formula is C67H44N4O. The van der Waals surface area contributed by atoms with Crippen molar-refractivity contribution in [3.05, 3.63) is 264 Å². The first-order valence-electron chi connectivity index (χ1n) is 24.8. The van der Waals surface area contributed by atoms with Crippen molar-refractivity contribution in [3.63, 3.8) is 0 Å². The van der Waals surface area contributed by atoms with Gasteiger partial charge in [-0.15, -0.1) is 0 Å². The van der Waals surface area contributed by atoms with Gasteiger partial charge in [0, 0.05) is 55.3 Å². The smallest absolute Gasteiger partial charge is 0.164 e. The molecule has 2 aromatic heterocycles. The molecule has 3 heterocycles. The van der Waals surface area contributed by atoms with Crippen molar-refractivity contribution in [2.45, 2.75) is 24.7 Å². The quantitative estimate of drug-likeness (QED) is 0.173. The summed E-state index contributed by atoms with van der Waals surface area (Å²) in [6.07, 6.45) is 0. The molecule has 1 spiro atoms. The molecule has 0 N–H and O–H groups in total. The minimum Gasteiger partial charge on any atom is -0.457 e. The number of nitrogens with zero attached hydrogens (tertiary/aromatic N) is 4. The number of para-hydroxylation sites is 3. The van der Waals surface area contributed by atoms with E-state index in [4.69, 9.17) is 19.7 Å². The molecule has 72 heavy (non-hydrogen) atoms. The second kappa shape index (κ2) is 15.2. The van der Waals surface area contributed by atoms with E-state index in [1.54, 1.807) is 0 Å². The van der Waals surface area contributed by atoms with Gasteiger partial charge >= 0.3 is 0 Å². The van der Waals surface area contributed by atoms with Crippen LogP contribution in [0.15, 0.2) is 231 Å². The van der Waals surface area contributed by atoms with Gasteiger partial charge in [0.2, 0.25) is 0 Å². The Balaban J connectivity index is 0.958. The summed E-state index contributed by atoms with van der Waals surface area (Å²) in [7, 11) is 0. The van der Waals surface area contributed by atoms with Crippen LogP contribution in [0.2, 0.25) is 0 Å². The molecule has 3 aliphatic rings. The van der Waals surface area contributed by atoms with Crippen molar-refractivity contribution >= 4 is 21.8 Å². The Morgan fingerprint density at radius 2 is 0.903 bits per heavy atom. The van der Waals surface area contributed by atoms with Crippen molar-refractivity contribution in [3.8, 4) is 84.7 Å². The number of aromatic nitrogens is 4. The molecule has 0 amide bonds. The Bertz CT molecular complexity index is 4110. The number of rotatable bonds is 5. The fourth-order valence-electron chi connectivity index (χ4n) is 12.5. The van der Waals surface area contributed by atoms with E-state index >= 15 is 0 Å². The van der Waals surface area contributed by atoms with E-state index in [0.29, 0.717) is 17.5 Å². The zero-order valence-corrected chi connectivity index (χ0v) is 39.6. The van der Waals surface area contributed by atoms with Crippen molar-refractivity contribution in [1.82, 2.24) is 19.5 Å². The maximum atomic E-state index is 6.77. The van der Waals surface area contributed by atoms with E-state index < -0.39 is 5.41 Å². The van der Waals surface area contributed by atoms with Crippen molar-refractivity contribution in [2.75, 3.05) is 0 Å². The molecule has 15 rings (SSSR count). The van der Waals surface area contributed by atoms with Gasteiger partial charge in [-0.25, -0.2) is 15.0 Å². The molecule has 0 saturated carbocycles.